The molecule has 23 heavy (non-hydrogen) atoms. The Morgan fingerprint density at radius 2 is 0.957 bits per heavy atom. The van der Waals surface area contributed by atoms with E-state index in [2.05, 4.69) is 84.9 Å². The van der Waals surface area contributed by atoms with E-state index in [0.717, 1.165) is 5.75 Å². The monoisotopic (exact) mass is 312 g/mol. The van der Waals surface area contributed by atoms with Gasteiger partial charge >= 0.3 is 0 Å². The Kier molecular flexibility index (Phi) is 6.44. The topological polar surface area (TPSA) is 9.23 Å². The molecule has 0 bridgehead atoms. The highest BCUT2D eigenvalue weighted by Crippen LogP contribution is 2.24. The lowest BCUT2D eigenvalue weighted by molar-refractivity contribution is 0.414. The molecule has 0 atom stereocenters. The van der Waals surface area contributed by atoms with Gasteiger partial charge in [0.05, 0.1) is 7.11 Å². The second kappa shape index (κ2) is 7.68. The van der Waals surface area contributed by atoms with Gasteiger partial charge in [-0.1, -0.05) is 83.5 Å². The Morgan fingerprint density at radius 3 is 1.26 bits per heavy atom. The zero-order valence-corrected chi connectivity index (χ0v) is 16.0. The third kappa shape index (κ3) is 6.48. The summed E-state index contributed by atoms with van der Waals surface area (Å²) in [5.41, 5.74) is 4.59. The van der Waals surface area contributed by atoms with Crippen molar-refractivity contribution in [3.8, 4) is 5.75 Å². The van der Waals surface area contributed by atoms with Gasteiger partial charge in [0.15, 0.2) is 0 Å². The molecule has 0 fully saturated rings. The molecule has 2 aromatic rings. The molecule has 1 nitrogen and oxygen atoms in total. The van der Waals surface area contributed by atoms with Crippen molar-refractivity contribution in [2.45, 2.75) is 59.3 Å². The summed E-state index contributed by atoms with van der Waals surface area (Å²) in [5, 5.41) is 0. The molecule has 126 valence electrons. The van der Waals surface area contributed by atoms with Crippen molar-refractivity contribution in [1.82, 2.24) is 0 Å². The van der Waals surface area contributed by atoms with Crippen LogP contribution in [0.2, 0.25) is 0 Å². The molecule has 0 amide bonds. The van der Waals surface area contributed by atoms with Crippen LogP contribution in [0.1, 0.15) is 58.2 Å². The highest BCUT2D eigenvalue weighted by atomic mass is 16.5. The van der Waals surface area contributed by atoms with E-state index in [0.29, 0.717) is 0 Å². The normalized spacial score (nSPS) is 11.5. The van der Waals surface area contributed by atoms with Crippen molar-refractivity contribution in [3.63, 3.8) is 0 Å². The first-order valence-electron chi connectivity index (χ1n) is 8.26. The maximum Gasteiger partial charge on any atom is 0.118 e. The van der Waals surface area contributed by atoms with Gasteiger partial charge in [-0.15, -0.1) is 0 Å². The summed E-state index contributed by atoms with van der Waals surface area (Å²) in [7, 11) is 1.69. The van der Waals surface area contributed by atoms with Crippen molar-refractivity contribution < 1.29 is 4.74 Å². The fraction of sp³-hybridized carbons (Fsp3) is 0.455. The van der Waals surface area contributed by atoms with Gasteiger partial charge in [0.25, 0.3) is 0 Å². The van der Waals surface area contributed by atoms with Crippen LogP contribution in [-0.2, 0) is 10.8 Å². The average Bonchev–Trinajstić information content (AvgIpc) is 2.46. The maximum atomic E-state index is 5.08. The zero-order valence-electron chi connectivity index (χ0n) is 16.0. The van der Waals surface area contributed by atoms with Crippen LogP contribution in [-0.4, -0.2) is 7.11 Å². The van der Waals surface area contributed by atoms with Crippen LogP contribution in [0.15, 0.2) is 48.5 Å². The standard InChI is InChI=1S/C11H16O.C11H16/c1-11(2,3)9-5-7-10(12-4)8-6-9;1-9-5-7-10(8-6-9)11(2,3)4/h5-8H,1-4H3;5-8H,1-4H3. The van der Waals surface area contributed by atoms with E-state index in [1.807, 2.05) is 12.1 Å². The fourth-order valence-electron chi connectivity index (χ4n) is 2.14. The summed E-state index contributed by atoms with van der Waals surface area (Å²) < 4.78 is 5.08. The summed E-state index contributed by atoms with van der Waals surface area (Å²) in [4.78, 5) is 0. The molecule has 1 heteroatoms. The Labute approximate surface area is 142 Å². The molecule has 0 aliphatic heterocycles. The highest BCUT2D eigenvalue weighted by Gasteiger charge is 2.13. The van der Waals surface area contributed by atoms with E-state index in [4.69, 9.17) is 4.74 Å². The average molecular weight is 312 g/mol. The number of ether oxygens (including phenoxy) is 1. The van der Waals surface area contributed by atoms with Crippen LogP contribution in [0.5, 0.6) is 5.75 Å². The number of aryl methyl sites for hydroxylation is 1. The number of rotatable bonds is 1. The van der Waals surface area contributed by atoms with Crippen LogP contribution in [0, 0.1) is 6.92 Å². The van der Waals surface area contributed by atoms with Gasteiger partial charge in [0, 0.05) is 0 Å². The number of methoxy groups -OCH3 is 1. The largest absolute Gasteiger partial charge is 0.497 e. The van der Waals surface area contributed by atoms with Crippen LogP contribution in [0.4, 0.5) is 0 Å². The maximum absolute atomic E-state index is 5.08. The molecule has 0 radical (unpaired) electrons. The Balaban J connectivity index is 0.000000231. The molecular weight excluding hydrogens is 280 g/mol. The van der Waals surface area contributed by atoms with Gasteiger partial charge < -0.3 is 4.74 Å². The third-order valence-corrected chi connectivity index (χ3v) is 3.87. The minimum Gasteiger partial charge on any atom is -0.497 e. The predicted octanol–water partition coefficient (Wildman–Crippen LogP) is 6.29. The second-order valence-corrected chi connectivity index (χ2v) is 8.09. The molecule has 0 spiro atoms. The van der Waals surface area contributed by atoms with E-state index in [1.165, 1.54) is 16.7 Å². The summed E-state index contributed by atoms with van der Waals surface area (Å²) >= 11 is 0. The second-order valence-electron chi connectivity index (χ2n) is 8.09. The summed E-state index contributed by atoms with van der Waals surface area (Å²) in [6, 6.07) is 17.0. The summed E-state index contributed by atoms with van der Waals surface area (Å²) in [6.07, 6.45) is 0. The molecule has 0 saturated carbocycles. The van der Waals surface area contributed by atoms with Crippen LogP contribution < -0.4 is 4.74 Å². The number of hydrogen-bond acceptors (Lipinski definition) is 1. The van der Waals surface area contributed by atoms with E-state index in [1.54, 1.807) is 7.11 Å². The third-order valence-electron chi connectivity index (χ3n) is 3.87. The zero-order chi connectivity index (χ0) is 17.7. The number of benzene rings is 2. The Morgan fingerprint density at radius 1 is 0.609 bits per heavy atom. The van der Waals surface area contributed by atoms with Gasteiger partial charge in [-0.25, -0.2) is 0 Å². The van der Waals surface area contributed by atoms with Gasteiger partial charge in [-0.3, -0.25) is 0 Å². The van der Waals surface area contributed by atoms with Crippen LogP contribution in [0.3, 0.4) is 0 Å². The quantitative estimate of drug-likeness (QED) is 0.601. The van der Waals surface area contributed by atoms with Crippen LogP contribution >= 0.6 is 0 Å². The molecule has 0 aliphatic rings. The van der Waals surface area contributed by atoms with E-state index >= 15 is 0 Å². The first-order chi connectivity index (χ1) is 10.5. The number of hydrogen-bond donors (Lipinski definition) is 0. The minimum absolute atomic E-state index is 0.228. The Bertz CT molecular complexity index is 578. The van der Waals surface area contributed by atoms with Gasteiger partial charge in [-0.05, 0) is 41.0 Å². The first-order valence-corrected chi connectivity index (χ1v) is 8.26. The van der Waals surface area contributed by atoms with Crippen molar-refractivity contribution in [2.75, 3.05) is 7.11 Å². The lowest BCUT2D eigenvalue weighted by Gasteiger charge is -2.18. The molecule has 2 rings (SSSR count). The van der Waals surface area contributed by atoms with Crippen molar-refractivity contribution in [3.05, 3.63) is 65.2 Å². The Hall–Kier alpha value is -1.76. The lowest BCUT2D eigenvalue weighted by Crippen LogP contribution is -2.10. The molecule has 0 aromatic heterocycles. The van der Waals surface area contributed by atoms with Gasteiger partial charge in [0.2, 0.25) is 0 Å². The van der Waals surface area contributed by atoms with Gasteiger partial charge in [-0.2, -0.15) is 0 Å². The molecule has 2 aromatic carbocycles. The smallest absolute Gasteiger partial charge is 0.118 e. The van der Waals surface area contributed by atoms with Crippen LogP contribution in [0.25, 0.3) is 0 Å². The van der Waals surface area contributed by atoms with Crippen molar-refractivity contribution in [1.29, 1.82) is 0 Å². The minimum atomic E-state index is 0.228. The predicted molar refractivity (Wildman–Crippen MR) is 102 cm³/mol. The highest BCUT2D eigenvalue weighted by molar-refractivity contribution is 5.31. The van der Waals surface area contributed by atoms with Crippen molar-refractivity contribution in [2.24, 2.45) is 0 Å². The first kappa shape index (κ1) is 19.3. The molecule has 0 aliphatic carbocycles. The molecule has 0 saturated heterocycles. The van der Waals surface area contributed by atoms with Crippen molar-refractivity contribution >= 4 is 0 Å². The van der Waals surface area contributed by atoms with E-state index < -0.39 is 0 Å². The molecule has 0 unspecified atom stereocenters. The molecular formula is C22H32O. The molecule has 0 heterocycles. The molecule has 0 N–H and O–H groups in total. The van der Waals surface area contributed by atoms with E-state index in [-0.39, 0.29) is 10.8 Å². The summed E-state index contributed by atoms with van der Waals surface area (Å²) in [6.45, 7) is 15.4. The van der Waals surface area contributed by atoms with Gasteiger partial charge in [0.1, 0.15) is 5.75 Å². The summed E-state index contributed by atoms with van der Waals surface area (Å²) in [5.74, 6) is 0.919. The fourth-order valence-corrected chi connectivity index (χ4v) is 2.14. The van der Waals surface area contributed by atoms with E-state index in [9.17, 15) is 0 Å². The lowest BCUT2D eigenvalue weighted by atomic mass is 9.87. The SMILES string of the molecule is COc1ccc(C(C)(C)C)cc1.Cc1ccc(C(C)(C)C)cc1.